The molecule has 0 saturated heterocycles. The van der Waals surface area contributed by atoms with Gasteiger partial charge in [-0.25, -0.2) is 4.79 Å². The van der Waals surface area contributed by atoms with Gasteiger partial charge >= 0.3 is 5.97 Å². The van der Waals surface area contributed by atoms with Gasteiger partial charge in [0.05, 0.1) is 5.56 Å². The second-order valence-corrected chi connectivity index (χ2v) is 6.87. The quantitative estimate of drug-likeness (QED) is 0.701. The molecule has 0 aliphatic rings. The van der Waals surface area contributed by atoms with Gasteiger partial charge < -0.3 is 10.0 Å². The molecule has 1 amide bonds. The first-order chi connectivity index (χ1) is 13.4. The molecule has 0 bridgehead atoms. The number of carbonyl (C=O) groups excluding carboxylic acids is 1. The minimum atomic E-state index is -1.08. The molecule has 0 spiro atoms. The summed E-state index contributed by atoms with van der Waals surface area (Å²) in [4.78, 5) is 30.2. The molecule has 0 atom stereocenters. The highest BCUT2D eigenvalue weighted by Gasteiger charge is 2.19. The second kappa shape index (κ2) is 8.48. The van der Waals surface area contributed by atoms with Crippen LogP contribution in [0.1, 0.15) is 43.1 Å². The van der Waals surface area contributed by atoms with E-state index in [-0.39, 0.29) is 17.2 Å². The first-order valence-corrected chi connectivity index (χ1v) is 9.02. The zero-order chi connectivity index (χ0) is 20.1. The number of aromatic carboxylic acids is 1. The fourth-order valence-corrected chi connectivity index (χ4v) is 2.87. The van der Waals surface area contributed by atoms with E-state index in [1.165, 1.54) is 18.3 Å². The smallest absolute Gasteiger partial charge is 0.335 e. The lowest BCUT2D eigenvalue weighted by Gasteiger charge is -2.23. The topological polar surface area (TPSA) is 70.5 Å². The average Bonchev–Trinajstić information content (AvgIpc) is 2.70. The van der Waals surface area contributed by atoms with Crippen molar-refractivity contribution in [2.24, 2.45) is 0 Å². The van der Waals surface area contributed by atoms with E-state index in [0.717, 1.165) is 22.3 Å². The highest BCUT2D eigenvalue weighted by Crippen LogP contribution is 2.15. The minimum absolute atomic E-state index is 0.0453. The number of carbonyl (C=O) groups is 2. The Kier molecular flexibility index (Phi) is 5.84. The Morgan fingerprint density at radius 2 is 1.36 bits per heavy atom. The Hall–Kier alpha value is -3.47. The minimum Gasteiger partial charge on any atom is -0.478 e. The lowest BCUT2D eigenvalue weighted by atomic mass is 10.1. The Bertz CT molecular complexity index is 932. The van der Waals surface area contributed by atoms with Crippen LogP contribution in [-0.4, -0.2) is 26.9 Å². The second-order valence-electron chi connectivity index (χ2n) is 6.87. The summed E-state index contributed by atoms with van der Waals surface area (Å²) in [5.74, 6) is -1.38. The van der Waals surface area contributed by atoms with Crippen molar-refractivity contribution in [1.29, 1.82) is 0 Å². The third-order valence-corrected chi connectivity index (χ3v) is 4.50. The van der Waals surface area contributed by atoms with Crippen molar-refractivity contribution in [2.45, 2.75) is 26.9 Å². The summed E-state index contributed by atoms with van der Waals surface area (Å²) in [6.07, 6.45) is 1.35. The number of aryl methyl sites for hydroxylation is 2. The van der Waals surface area contributed by atoms with E-state index >= 15 is 0 Å². The number of carboxylic acids is 1. The summed E-state index contributed by atoms with van der Waals surface area (Å²) in [5.41, 5.74) is 4.47. The summed E-state index contributed by atoms with van der Waals surface area (Å²) >= 11 is 0. The Morgan fingerprint density at radius 1 is 0.857 bits per heavy atom. The molecule has 3 rings (SSSR count). The van der Waals surface area contributed by atoms with Crippen molar-refractivity contribution >= 4 is 11.9 Å². The van der Waals surface area contributed by atoms with Crippen molar-refractivity contribution in [3.05, 3.63) is 100 Å². The normalized spacial score (nSPS) is 10.5. The van der Waals surface area contributed by atoms with Gasteiger partial charge in [0.15, 0.2) is 0 Å². The van der Waals surface area contributed by atoms with E-state index < -0.39 is 5.97 Å². The van der Waals surface area contributed by atoms with Crippen LogP contribution in [0.4, 0.5) is 0 Å². The van der Waals surface area contributed by atoms with Crippen LogP contribution in [0.5, 0.6) is 0 Å². The van der Waals surface area contributed by atoms with Crippen molar-refractivity contribution in [3.8, 4) is 0 Å². The van der Waals surface area contributed by atoms with Crippen LogP contribution >= 0.6 is 0 Å². The maximum atomic E-state index is 13.1. The zero-order valence-electron chi connectivity index (χ0n) is 15.9. The SMILES string of the molecule is Cc1ccc(CN(Cc2ccc(C)cc2)C(=O)c2cc(C(=O)O)ccn2)cc1. The number of rotatable bonds is 6. The zero-order valence-corrected chi connectivity index (χ0v) is 15.9. The van der Waals surface area contributed by atoms with Crippen LogP contribution in [0.3, 0.4) is 0 Å². The molecule has 3 aromatic rings. The molecule has 0 fully saturated rings. The van der Waals surface area contributed by atoms with Gasteiger partial charge in [-0.3, -0.25) is 9.78 Å². The van der Waals surface area contributed by atoms with E-state index in [1.807, 2.05) is 62.4 Å². The van der Waals surface area contributed by atoms with Crippen LogP contribution in [0, 0.1) is 13.8 Å². The molecule has 1 heterocycles. The summed E-state index contributed by atoms with van der Waals surface area (Å²) in [7, 11) is 0. The van der Waals surface area contributed by atoms with Gasteiger partial charge in [0, 0.05) is 19.3 Å². The maximum absolute atomic E-state index is 13.1. The molecule has 1 N–H and O–H groups in total. The predicted octanol–water partition coefficient (Wildman–Crippen LogP) is 4.24. The molecule has 28 heavy (non-hydrogen) atoms. The standard InChI is InChI=1S/C23H22N2O3/c1-16-3-7-18(8-4-16)14-25(15-19-9-5-17(2)6-10-19)22(26)21-13-20(23(27)28)11-12-24-21/h3-13H,14-15H2,1-2H3,(H,27,28). The molecule has 5 nitrogen and oxygen atoms in total. The monoisotopic (exact) mass is 374 g/mol. The number of hydrogen-bond acceptors (Lipinski definition) is 3. The van der Waals surface area contributed by atoms with Gasteiger partial charge in [-0.1, -0.05) is 59.7 Å². The van der Waals surface area contributed by atoms with E-state index in [0.29, 0.717) is 13.1 Å². The fourth-order valence-electron chi connectivity index (χ4n) is 2.87. The summed E-state index contributed by atoms with van der Waals surface area (Å²) < 4.78 is 0. The van der Waals surface area contributed by atoms with Crippen LogP contribution in [0.25, 0.3) is 0 Å². The highest BCUT2D eigenvalue weighted by molar-refractivity contribution is 5.95. The first-order valence-electron chi connectivity index (χ1n) is 9.02. The molecule has 0 saturated carbocycles. The number of amides is 1. The summed E-state index contributed by atoms with van der Waals surface area (Å²) in [6.45, 7) is 4.85. The van der Waals surface area contributed by atoms with E-state index in [1.54, 1.807) is 4.90 Å². The van der Waals surface area contributed by atoms with Crippen molar-refractivity contribution in [3.63, 3.8) is 0 Å². The molecule has 0 unspecified atom stereocenters. The molecule has 0 radical (unpaired) electrons. The number of nitrogens with zero attached hydrogens (tertiary/aromatic N) is 2. The Morgan fingerprint density at radius 3 is 1.82 bits per heavy atom. The van der Waals surface area contributed by atoms with Gasteiger partial charge in [-0.05, 0) is 37.1 Å². The number of aromatic nitrogens is 1. The fraction of sp³-hybridized carbons (Fsp3) is 0.174. The van der Waals surface area contributed by atoms with Gasteiger partial charge in [-0.2, -0.15) is 0 Å². The third kappa shape index (κ3) is 4.82. The number of benzene rings is 2. The van der Waals surface area contributed by atoms with E-state index in [2.05, 4.69) is 4.98 Å². The van der Waals surface area contributed by atoms with Crippen LogP contribution in [0.15, 0.2) is 66.9 Å². The van der Waals surface area contributed by atoms with Gasteiger partial charge in [-0.15, -0.1) is 0 Å². The summed E-state index contributed by atoms with van der Waals surface area (Å²) in [6, 6.07) is 18.7. The van der Waals surface area contributed by atoms with E-state index in [9.17, 15) is 14.7 Å². The van der Waals surface area contributed by atoms with Gasteiger partial charge in [0.25, 0.3) is 5.91 Å². The molecular weight excluding hydrogens is 352 g/mol. The molecule has 1 aromatic heterocycles. The van der Waals surface area contributed by atoms with E-state index in [4.69, 9.17) is 0 Å². The molecule has 0 aliphatic heterocycles. The van der Waals surface area contributed by atoms with Crippen molar-refractivity contribution in [1.82, 2.24) is 9.88 Å². The molecule has 0 aliphatic carbocycles. The molecular formula is C23H22N2O3. The number of hydrogen-bond donors (Lipinski definition) is 1. The Balaban J connectivity index is 1.90. The van der Waals surface area contributed by atoms with Crippen LogP contribution in [-0.2, 0) is 13.1 Å². The molecule has 2 aromatic carbocycles. The summed E-state index contributed by atoms with van der Waals surface area (Å²) in [5, 5.41) is 9.20. The molecule has 142 valence electrons. The highest BCUT2D eigenvalue weighted by atomic mass is 16.4. The predicted molar refractivity (Wildman–Crippen MR) is 107 cm³/mol. The average molecular weight is 374 g/mol. The van der Waals surface area contributed by atoms with Crippen molar-refractivity contribution in [2.75, 3.05) is 0 Å². The number of pyridine rings is 1. The first kappa shape index (κ1) is 19.3. The van der Waals surface area contributed by atoms with Crippen molar-refractivity contribution < 1.29 is 14.7 Å². The molecule has 5 heteroatoms. The maximum Gasteiger partial charge on any atom is 0.335 e. The Labute approximate surface area is 164 Å². The lowest BCUT2D eigenvalue weighted by Crippen LogP contribution is -2.31. The van der Waals surface area contributed by atoms with Crippen LogP contribution in [0.2, 0.25) is 0 Å². The van der Waals surface area contributed by atoms with Gasteiger partial charge in [0.1, 0.15) is 5.69 Å². The lowest BCUT2D eigenvalue weighted by molar-refractivity contribution is 0.0696. The number of carboxylic acid groups (broad SMARTS) is 1. The largest absolute Gasteiger partial charge is 0.478 e. The van der Waals surface area contributed by atoms with Crippen LogP contribution < -0.4 is 0 Å². The third-order valence-electron chi connectivity index (χ3n) is 4.50. The van der Waals surface area contributed by atoms with Gasteiger partial charge in [0.2, 0.25) is 0 Å².